The van der Waals surface area contributed by atoms with Gasteiger partial charge in [-0.25, -0.2) is 4.39 Å². The van der Waals surface area contributed by atoms with Crippen LogP contribution in [-0.2, 0) is 6.42 Å². The lowest BCUT2D eigenvalue weighted by atomic mass is 10.1. The van der Waals surface area contributed by atoms with Crippen LogP contribution in [0.15, 0.2) is 42.5 Å². The van der Waals surface area contributed by atoms with Crippen molar-refractivity contribution in [1.29, 1.82) is 0 Å². The third-order valence-electron chi connectivity index (χ3n) is 3.93. The molecule has 22 heavy (non-hydrogen) atoms. The largest absolute Gasteiger partial charge is 0.366 e. The maximum atomic E-state index is 13.8. The lowest BCUT2D eigenvalue weighted by Crippen LogP contribution is -2.28. The third kappa shape index (κ3) is 2.57. The standard InChI is InChI=1S/C17H15FN2O2/c18-14-7-5-11(16(19)21)9-13(14)17(22)20-15-8-6-10-3-1-2-4-12(10)15/h1-5,7,9,15H,6,8H2,(H2,19,21)(H,20,22)/t15-/m1/s1. The summed E-state index contributed by atoms with van der Waals surface area (Å²) >= 11 is 0. The Balaban J connectivity index is 1.84. The number of primary amides is 1. The van der Waals surface area contributed by atoms with Gasteiger partial charge in [0.2, 0.25) is 5.91 Å². The van der Waals surface area contributed by atoms with Crippen LogP contribution >= 0.6 is 0 Å². The van der Waals surface area contributed by atoms with E-state index in [2.05, 4.69) is 5.32 Å². The summed E-state index contributed by atoms with van der Waals surface area (Å²) in [6, 6.07) is 11.3. The topological polar surface area (TPSA) is 72.2 Å². The molecule has 1 atom stereocenters. The van der Waals surface area contributed by atoms with Gasteiger partial charge in [-0.2, -0.15) is 0 Å². The quantitative estimate of drug-likeness (QED) is 0.913. The number of nitrogens with one attached hydrogen (secondary N) is 1. The highest BCUT2D eigenvalue weighted by Crippen LogP contribution is 2.31. The Hall–Kier alpha value is -2.69. The van der Waals surface area contributed by atoms with Crippen molar-refractivity contribution in [2.45, 2.75) is 18.9 Å². The van der Waals surface area contributed by atoms with Crippen molar-refractivity contribution in [3.63, 3.8) is 0 Å². The minimum absolute atomic E-state index is 0.110. The van der Waals surface area contributed by atoms with Crippen LogP contribution in [0.3, 0.4) is 0 Å². The van der Waals surface area contributed by atoms with Gasteiger partial charge in [0.1, 0.15) is 5.82 Å². The van der Waals surface area contributed by atoms with E-state index in [9.17, 15) is 14.0 Å². The molecule has 2 aromatic carbocycles. The van der Waals surface area contributed by atoms with E-state index in [0.717, 1.165) is 24.5 Å². The molecule has 0 spiro atoms. The molecule has 3 N–H and O–H groups in total. The first-order valence-corrected chi connectivity index (χ1v) is 7.04. The SMILES string of the molecule is NC(=O)c1ccc(F)c(C(=O)N[C@@H]2CCc3ccccc32)c1. The van der Waals surface area contributed by atoms with Gasteiger partial charge in [-0.1, -0.05) is 24.3 Å². The number of nitrogens with two attached hydrogens (primary N) is 1. The Morgan fingerprint density at radius 2 is 1.95 bits per heavy atom. The molecule has 1 aliphatic carbocycles. The molecule has 112 valence electrons. The summed E-state index contributed by atoms with van der Waals surface area (Å²) in [5.41, 5.74) is 7.36. The maximum absolute atomic E-state index is 13.8. The normalized spacial score (nSPS) is 16.1. The Bertz CT molecular complexity index is 758. The highest BCUT2D eigenvalue weighted by molar-refractivity contribution is 5.99. The Kier molecular flexibility index (Phi) is 3.63. The molecular formula is C17H15FN2O2. The summed E-state index contributed by atoms with van der Waals surface area (Å²) in [5, 5.41) is 2.83. The fourth-order valence-electron chi connectivity index (χ4n) is 2.80. The van der Waals surface area contributed by atoms with Crippen LogP contribution in [0.5, 0.6) is 0 Å². The minimum Gasteiger partial charge on any atom is -0.366 e. The maximum Gasteiger partial charge on any atom is 0.254 e. The van der Waals surface area contributed by atoms with Gasteiger partial charge in [-0.15, -0.1) is 0 Å². The zero-order chi connectivity index (χ0) is 15.7. The predicted molar refractivity (Wildman–Crippen MR) is 79.9 cm³/mol. The van der Waals surface area contributed by atoms with Crippen LogP contribution in [0.1, 0.15) is 44.3 Å². The van der Waals surface area contributed by atoms with Crippen LogP contribution in [-0.4, -0.2) is 11.8 Å². The molecule has 0 radical (unpaired) electrons. The number of halogens is 1. The monoisotopic (exact) mass is 298 g/mol. The Labute approximate surface area is 127 Å². The number of carbonyl (C=O) groups is 2. The van der Waals surface area contributed by atoms with Crippen molar-refractivity contribution < 1.29 is 14.0 Å². The van der Waals surface area contributed by atoms with Gasteiger partial charge in [0.05, 0.1) is 11.6 Å². The van der Waals surface area contributed by atoms with Crippen LogP contribution in [0, 0.1) is 5.82 Å². The number of rotatable bonds is 3. The second kappa shape index (κ2) is 5.60. The highest BCUT2D eigenvalue weighted by atomic mass is 19.1. The fourth-order valence-corrected chi connectivity index (χ4v) is 2.80. The number of hydrogen-bond donors (Lipinski definition) is 2. The summed E-state index contributed by atoms with van der Waals surface area (Å²) in [4.78, 5) is 23.5. The molecule has 0 bridgehead atoms. The van der Waals surface area contributed by atoms with E-state index in [4.69, 9.17) is 5.73 Å². The van der Waals surface area contributed by atoms with Crippen LogP contribution < -0.4 is 11.1 Å². The molecule has 0 heterocycles. The van der Waals surface area contributed by atoms with Crippen molar-refractivity contribution in [1.82, 2.24) is 5.32 Å². The molecule has 0 saturated heterocycles. The fraction of sp³-hybridized carbons (Fsp3) is 0.176. The summed E-state index contributed by atoms with van der Waals surface area (Å²) in [6.07, 6.45) is 1.66. The summed E-state index contributed by atoms with van der Waals surface area (Å²) in [7, 11) is 0. The zero-order valence-electron chi connectivity index (χ0n) is 11.8. The summed E-state index contributed by atoms with van der Waals surface area (Å²) in [5.74, 6) is -1.91. The van der Waals surface area contributed by atoms with Crippen LogP contribution in [0.25, 0.3) is 0 Å². The number of fused-ring (bicyclic) bond motifs is 1. The van der Waals surface area contributed by atoms with Gasteiger partial charge in [0, 0.05) is 5.56 Å². The second-order valence-electron chi connectivity index (χ2n) is 5.32. The average molecular weight is 298 g/mol. The Morgan fingerprint density at radius 3 is 2.73 bits per heavy atom. The summed E-state index contributed by atoms with van der Waals surface area (Å²) in [6.45, 7) is 0. The number of hydrogen-bond acceptors (Lipinski definition) is 2. The molecule has 3 rings (SSSR count). The first-order valence-electron chi connectivity index (χ1n) is 7.04. The average Bonchev–Trinajstić information content (AvgIpc) is 2.90. The molecule has 2 aromatic rings. The van der Waals surface area contributed by atoms with Crippen molar-refractivity contribution >= 4 is 11.8 Å². The van der Waals surface area contributed by atoms with E-state index in [1.165, 1.54) is 17.7 Å². The molecule has 0 aliphatic heterocycles. The lowest BCUT2D eigenvalue weighted by molar-refractivity contribution is 0.0932. The van der Waals surface area contributed by atoms with Crippen LogP contribution in [0.4, 0.5) is 4.39 Å². The minimum atomic E-state index is -0.694. The van der Waals surface area contributed by atoms with E-state index >= 15 is 0 Å². The molecule has 0 saturated carbocycles. The number of amides is 2. The smallest absolute Gasteiger partial charge is 0.254 e. The second-order valence-corrected chi connectivity index (χ2v) is 5.32. The van der Waals surface area contributed by atoms with Gasteiger partial charge in [-0.3, -0.25) is 9.59 Å². The number of carbonyl (C=O) groups excluding carboxylic acids is 2. The molecule has 4 nitrogen and oxygen atoms in total. The van der Waals surface area contributed by atoms with Gasteiger partial charge in [-0.05, 0) is 42.2 Å². The van der Waals surface area contributed by atoms with Gasteiger partial charge >= 0.3 is 0 Å². The van der Waals surface area contributed by atoms with Crippen LogP contribution in [0.2, 0.25) is 0 Å². The van der Waals surface area contributed by atoms with Gasteiger partial charge < -0.3 is 11.1 Å². The molecule has 0 unspecified atom stereocenters. The number of benzene rings is 2. The van der Waals surface area contributed by atoms with E-state index in [1.807, 2.05) is 24.3 Å². The van der Waals surface area contributed by atoms with Crippen molar-refractivity contribution in [2.75, 3.05) is 0 Å². The van der Waals surface area contributed by atoms with E-state index in [0.29, 0.717) is 0 Å². The molecular weight excluding hydrogens is 283 g/mol. The van der Waals surface area contributed by atoms with E-state index < -0.39 is 17.6 Å². The lowest BCUT2D eigenvalue weighted by Gasteiger charge is -2.14. The van der Waals surface area contributed by atoms with Gasteiger partial charge in [0.15, 0.2) is 0 Å². The zero-order valence-corrected chi connectivity index (χ0v) is 11.8. The molecule has 0 aromatic heterocycles. The first-order chi connectivity index (χ1) is 10.6. The first kappa shape index (κ1) is 14.3. The Morgan fingerprint density at radius 1 is 1.18 bits per heavy atom. The molecule has 5 heteroatoms. The van der Waals surface area contributed by atoms with Crippen molar-refractivity contribution in [3.8, 4) is 0 Å². The van der Waals surface area contributed by atoms with E-state index in [-0.39, 0.29) is 17.2 Å². The van der Waals surface area contributed by atoms with Crippen molar-refractivity contribution in [3.05, 3.63) is 70.5 Å². The third-order valence-corrected chi connectivity index (χ3v) is 3.93. The predicted octanol–water partition coefficient (Wildman–Crippen LogP) is 2.34. The molecule has 1 aliphatic rings. The van der Waals surface area contributed by atoms with Gasteiger partial charge in [0.25, 0.3) is 5.91 Å². The molecule has 0 fully saturated rings. The van der Waals surface area contributed by atoms with Crippen molar-refractivity contribution in [2.24, 2.45) is 5.73 Å². The highest BCUT2D eigenvalue weighted by Gasteiger charge is 2.25. The summed E-state index contributed by atoms with van der Waals surface area (Å²) < 4.78 is 13.8. The number of aryl methyl sites for hydroxylation is 1. The van der Waals surface area contributed by atoms with E-state index in [1.54, 1.807) is 0 Å². The molecule has 2 amide bonds.